The lowest BCUT2D eigenvalue weighted by Crippen LogP contribution is -2.44. The van der Waals surface area contributed by atoms with Crippen LogP contribution in [0.4, 0.5) is 5.95 Å². The Hall–Kier alpha value is -1.14. The Balaban J connectivity index is 1.93. The highest BCUT2D eigenvalue weighted by Gasteiger charge is 2.27. The topological polar surface area (TPSA) is 59.5 Å². The van der Waals surface area contributed by atoms with Crippen LogP contribution in [0.5, 0.6) is 0 Å². The third-order valence-corrected chi connectivity index (χ3v) is 4.32. The van der Waals surface area contributed by atoms with E-state index in [2.05, 4.69) is 37.8 Å². The molecule has 1 aliphatic rings. The first-order chi connectivity index (χ1) is 9.17. The summed E-state index contributed by atoms with van der Waals surface area (Å²) in [6, 6.07) is 4.43. The molecular formula is C13H18BrN5. The quantitative estimate of drug-likeness (QED) is 0.919. The lowest BCUT2D eigenvalue weighted by atomic mass is 9.94. The zero-order valence-electron chi connectivity index (χ0n) is 11.0. The van der Waals surface area contributed by atoms with Gasteiger partial charge in [-0.15, -0.1) is 5.10 Å². The highest BCUT2D eigenvalue weighted by atomic mass is 79.9. The Morgan fingerprint density at radius 1 is 1.42 bits per heavy atom. The molecule has 2 unspecified atom stereocenters. The summed E-state index contributed by atoms with van der Waals surface area (Å²) in [5, 5.41) is 4.58. The second-order valence-corrected chi connectivity index (χ2v) is 6.16. The summed E-state index contributed by atoms with van der Waals surface area (Å²) in [5.41, 5.74) is 6.68. The molecule has 1 aliphatic heterocycles. The minimum absolute atomic E-state index is 0.476. The molecule has 3 rings (SSSR count). The van der Waals surface area contributed by atoms with Crippen LogP contribution in [-0.2, 0) is 0 Å². The van der Waals surface area contributed by atoms with E-state index < -0.39 is 0 Å². The van der Waals surface area contributed by atoms with Gasteiger partial charge in [0.2, 0.25) is 5.95 Å². The lowest BCUT2D eigenvalue weighted by molar-refractivity contribution is 0.369. The molecule has 1 saturated heterocycles. The fourth-order valence-electron chi connectivity index (χ4n) is 2.62. The molecule has 6 heteroatoms. The van der Waals surface area contributed by atoms with Crippen LogP contribution in [0.3, 0.4) is 0 Å². The summed E-state index contributed by atoms with van der Waals surface area (Å²) in [6.07, 6.45) is 4.29. The maximum Gasteiger partial charge on any atom is 0.245 e. The van der Waals surface area contributed by atoms with Crippen molar-refractivity contribution in [2.45, 2.75) is 25.8 Å². The average Bonchev–Trinajstić information content (AvgIpc) is 2.82. The molecule has 3 heterocycles. The first-order valence-electron chi connectivity index (χ1n) is 6.66. The van der Waals surface area contributed by atoms with Gasteiger partial charge in [-0.05, 0) is 60.3 Å². The van der Waals surface area contributed by atoms with Crippen LogP contribution in [0.25, 0.3) is 5.65 Å². The average molecular weight is 324 g/mol. The van der Waals surface area contributed by atoms with Crippen molar-refractivity contribution in [3.8, 4) is 0 Å². The van der Waals surface area contributed by atoms with E-state index in [4.69, 9.17) is 5.73 Å². The predicted molar refractivity (Wildman–Crippen MR) is 79.3 cm³/mol. The lowest BCUT2D eigenvalue weighted by Gasteiger charge is -2.36. The Labute approximate surface area is 120 Å². The second-order valence-electron chi connectivity index (χ2n) is 5.24. The third-order valence-electron chi connectivity index (χ3n) is 3.85. The van der Waals surface area contributed by atoms with Crippen LogP contribution in [-0.4, -0.2) is 33.7 Å². The number of piperidine rings is 1. The van der Waals surface area contributed by atoms with Gasteiger partial charge in [0.05, 0.1) is 0 Å². The number of rotatable bonds is 2. The van der Waals surface area contributed by atoms with Gasteiger partial charge in [0.25, 0.3) is 0 Å². The van der Waals surface area contributed by atoms with E-state index in [-0.39, 0.29) is 0 Å². The molecule has 2 aromatic rings. The van der Waals surface area contributed by atoms with Crippen LogP contribution >= 0.6 is 15.9 Å². The molecule has 0 aliphatic carbocycles. The fraction of sp³-hybridized carbons (Fsp3) is 0.538. The molecule has 2 aromatic heterocycles. The molecule has 2 N–H and O–H groups in total. The molecule has 0 radical (unpaired) electrons. The van der Waals surface area contributed by atoms with Crippen molar-refractivity contribution in [3.63, 3.8) is 0 Å². The summed E-state index contributed by atoms with van der Waals surface area (Å²) in [5.74, 6) is 1.36. The van der Waals surface area contributed by atoms with Crippen molar-refractivity contribution < 1.29 is 0 Å². The number of nitrogens with zero attached hydrogens (tertiary/aromatic N) is 4. The van der Waals surface area contributed by atoms with Gasteiger partial charge in [0.15, 0.2) is 5.65 Å². The molecular weight excluding hydrogens is 306 g/mol. The van der Waals surface area contributed by atoms with Crippen LogP contribution < -0.4 is 10.6 Å². The highest BCUT2D eigenvalue weighted by Crippen LogP contribution is 2.25. The minimum atomic E-state index is 0.476. The van der Waals surface area contributed by atoms with Gasteiger partial charge in [0.1, 0.15) is 0 Å². The number of hydrogen-bond acceptors (Lipinski definition) is 4. The summed E-state index contributed by atoms with van der Waals surface area (Å²) < 4.78 is 2.82. The number of hydrogen-bond donors (Lipinski definition) is 1. The number of anilines is 1. The Morgan fingerprint density at radius 3 is 3.05 bits per heavy atom. The standard InChI is InChI=1S/C13H18BrN5/c1-9-2-3-10(6-15)7-18(9)13-16-12-5-4-11(14)8-19(12)17-13/h4-5,8-10H,2-3,6-7,15H2,1H3. The number of aromatic nitrogens is 3. The summed E-state index contributed by atoms with van der Waals surface area (Å²) in [7, 11) is 0. The number of fused-ring (bicyclic) bond motifs is 1. The van der Waals surface area contributed by atoms with Gasteiger partial charge in [0, 0.05) is 23.3 Å². The van der Waals surface area contributed by atoms with Crippen molar-refractivity contribution in [1.29, 1.82) is 0 Å². The van der Waals surface area contributed by atoms with Gasteiger partial charge < -0.3 is 10.6 Å². The van der Waals surface area contributed by atoms with E-state index in [9.17, 15) is 0 Å². The molecule has 0 aromatic carbocycles. The van der Waals surface area contributed by atoms with E-state index in [1.54, 1.807) is 0 Å². The number of halogens is 1. The van der Waals surface area contributed by atoms with Gasteiger partial charge in [-0.1, -0.05) is 0 Å². The van der Waals surface area contributed by atoms with Crippen LogP contribution in [0.2, 0.25) is 0 Å². The zero-order chi connectivity index (χ0) is 13.4. The van der Waals surface area contributed by atoms with Crippen LogP contribution in [0.1, 0.15) is 19.8 Å². The smallest absolute Gasteiger partial charge is 0.245 e. The van der Waals surface area contributed by atoms with Crippen molar-refractivity contribution in [1.82, 2.24) is 14.6 Å². The first-order valence-corrected chi connectivity index (χ1v) is 7.45. The summed E-state index contributed by atoms with van der Waals surface area (Å²) in [4.78, 5) is 6.89. The molecule has 2 atom stereocenters. The zero-order valence-corrected chi connectivity index (χ0v) is 12.5. The Morgan fingerprint density at radius 2 is 2.26 bits per heavy atom. The first kappa shape index (κ1) is 12.9. The van der Waals surface area contributed by atoms with Crippen molar-refractivity contribution >= 4 is 27.5 Å². The molecule has 5 nitrogen and oxygen atoms in total. The van der Waals surface area contributed by atoms with Crippen LogP contribution in [0, 0.1) is 5.92 Å². The molecule has 1 fully saturated rings. The van der Waals surface area contributed by atoms with E-state index in [0.29, 0.717) is 12.0 Å². The van der Waals surface area contributed by atoms with Crippen molar-refractivity contribution in [2.24, 2.45) is 11.7 Å². The van der Waals surface area contributed by atoms with E-state index in [1.165, 1.54) is 6.42 Å². The number of nitrogens with two attached hydrogens (primary N) is 1. The Kier molecular flexibility index (Phi) is 3.45. The molecule has 102 valence electrons. The maximum absolute atomic E-state index is 5.81. The van der Waals surface area contributed by atoms with Gasteiger partial charge >= 0.3 is 0 Å². The molecule has 0 spiro atoms. The second kappa shape index (κ2) is 5.09. The SMILES string of the molecule is CC1CCC(CN)CN1c1nc2ccc(Br)cn2n1. The van der Waals surface area contributed by atoms with Gasteiger partial charge in [-0.3, -0.25) is 0 Å². The van der Waals surface area contributed by atoms with Crippen LogP contribution in [0.15, 0.2) is 22.8 Å². The highest BCUT2D eigenvalue weighted by molar-refractivity contribution is 9.10. The van der Waals surface area contributed by atoms with Gasteiger partial charge in [-0.25, -0.2) is 4.52 Å². The maximum atomic E-state index is 5.81. The normalized spacial score (nSPS) is 24.1. The Bertz CT molecular complexity index is 581. The molecule has 19 heavy (non-hydrogen) atoms. The summed E-state index contributed by atoms with van der Waals surface area (Å²) >= 11 is 3.45. The largest absolute Gasteiger partial charge is 0.336 e. The molecule has 0 amide bonds. The third kappa shape index (κ3) is 2.47. The summed E-state index contributed by atoms with van der Waals surface area (Å²) in [6.45, 7) is 3.92. The van der Waals surface area contributed by atoms with Gasteiger partial charge in [-0.2, -0.15) is 4.98 Å². The van der Waals surface area contributed by atoms with Crippen molar-refractivity contribution in [2.75, 3.05) is 18.0 Å². The predicted octanol–water partition coefficient (Wildman–Crippen LogP) is 2.06. The minimum Gasteiger partial charge on any atom is -0.336 e. The monoisotopic (exact) mass is 323 g/mol. The molecule has 0 bridgehead atoms. The number of pyridine rings is 1. The van der Waals surface area contributed by atoms with E-state index in [1.807, 2.05) is 22.8 Å². The van der Waals surface area contributed by atoms with Crippen molar-refractivity contribution in [3.05, 3.63) is 22.8 Å². The fourth-order valence-corrected chi connectivity index (χ4v) is 2.95. The van der Waals surface area contributed by atoms with E-state index in [0.717, 1.165) is 35.6 Å². The molecule has 0 saturated carbocycles. The van der Waals surface area contributed by atoms with E-state index >= 15 is 0 Å².